The summed E-state index contributed by atoms with van der Waals surface area (Å²) in [6.45, 7) is 3.86. The van der Waals surface area contributed by atoms with Gasteiger partial charge in [0.25, 0.3) is 5.91 Å². The number of rotatable bonds is 7. The molecule has 6 heteroatoms. The normalized spacial score (nSPS) is 13.2. The number of fused-ring (bicyclic) bond motifs is 1. The number of thiazole rings is 1. The molecule has 0 spiro atoms. The number of nitrogens with one attached hydrogen (secondary N) is 1. The Kier molecular flexibility index (Phi) is 6.79. The summed E-state index contributed by atoms with van der Waals surface area (Å²) in [6, 6.07) is 18.0. The highest BCUT2D eigenvalue weighted by Gasteiger charge is 2.19. The lowest BCUT2D eigenvalue weighted by Gasteiger charge is -2.10. The number of hydrogen-bond donors (Lipinski definition) is 1. The van der Waals surface area contributed by atoms with Crippen molar-refractivity contribution in [1.29, 1.82) is 0 Å². The number of nitrogens with zero attached hydrogens (tertiary/aromatic N) is 2. The molecule has 1 aromatic heterocycles. The Morgan fingerprint density at radius 2 is 1.96 bits per heavy atom. The van der Waals surface area contributed by atoms with Gasteiger partial charge in [-0.05, 0) is 37.1 Å². The van der Waals surface area contributed by atoms with Gasteiger partial charge in [-0.1, -0.05) is 67.2 Å². The van der Waals surface area contributed by atoms with Gasteiger partial charge in [-0.15, -0.1) is 11.3 Å². The average molecular weight is 396 g/mol. The lowest BCUT2D eigenvalue weighted by molar-refractivity contribution is -0.120. The second kappa shape index (κ2) is 9.48. The van der Waals surface area contributed by atoms with Crippen molar-refractivity contribution in [1.82, 2.24) is 10.4 Å². The minimum Gasteiger partial charge on any atom is -0.272 e. The van der Waals surface area contributed by atoms with Gasteiger partial charge in [-0.3, -0.25) is 4.79 Å². The van der Waals surface area contributed by atoms with Gasteiger partial charge in [0, 0.05) is 0 Å². The largest absolute Gasteiger partial charge is 0.272 e. The van der Waals surface area contributed by atoms with E-state index in [4.69, 9.17) is 0 Å². The van der Waals surface area contributed by atoms with Crippen LogP contribution in [-0.4, -0.2) is 21.9 Å². The number of thioether (sulfide) groups is 1. The van der Waals surface area contributed by atoms with E-state index in [0.717, 1.165) is 25.8 Å². The van der Waals surface area contributed by atoms with Crippen LogP contribution in [-0.2, 0) is 4.79 Å². The minimum absolute atomic E-state index is 0.103. The van der Waals surface area contributed by atoms with Gasteiger partial charge >= 0.3 is 0 Å². The lowest BCUT2D eigenvalue weighted by atomic mass is 10.2. The molecular formula is C21H21N3OS2. The maximum absolute atomic E-state index is 12.5. The van der Waals surface area contributed by atoms with Crippen LogP contribution in [0.3, 0.4) is 0 Å². The number of carbonyl (C=O) groups excluding carboxylic acids is 1. The highest BCUT2D eigenvalue weighted by atomic mass is 32.2. The summed E-state index contributed by atoms with van der Waals surface area (Å²) in [5.41, 5.74) is 5.49. The Balaban J connectivity index is 1.60. The molecule has 0 saturated carbocycles. The summed E-state index contributed by atoms with van der Waals surface area (Å²) in [5.74, 6) is -0.103. The van der Waals surface area contributed by atoms with E-state index < -0.39 is 0 Å². The molecule has 2 aromatic carbocycles. The Hall–Kier alpha value is -2.44. The van der Waals surface area contributed by atoms with Crippen LogP contribution in [0.4, 0.5) is 0 Å². The van der Waals surface area contributed by atoms with Crippen molar-refractivity contribution in [3.63, 3.8) is 0 Å². The van der Waals surface area contributed by atoms with E-state index in [2.05, 4.69) is 15.5 Å². The van der Waals surface area contributed by atoms with E-state index in [0.29, 0.717) is 6.42 Å². The van der Waals surface area contributed by atoms with Crippen molar-refractivity contribution in [2.75, 3.05) is 0 Å². The molecule has 1 heterocycles. The van der Waals surface area contributed by atoms with Gasteiger partial charge in [0.05, 0.1) is 21.2 Å². The van der Waals surface area contributed by atoms with Crippen molar-refractivity contribution in [2.45, 2.75) is 29.9 Å². The fraction of sp³-hybridized carbons (Fsp3) is 0.190. The maximum atomic E-state index is 12.5. The lowest BCUT2D eigenvalue weighted by Crippen LogP contribution is -2.29. The molecule has 0 bridgehead atoms. The first-order valence-electron chi connectivity index (χ1n) is 8.75. The molecule has 3 rings (SSSR count). The molecule has 1 unspecified atom stereocenters. The standard InChI is InChI=1S/C21H21N3OS2/c1-3-18(26-21-22-17-11-7-8-12-19(17)27-21)20(25)24-23-15(2)13-14-16-9-5-4-6-10-16/h4-14,18H,3H2,1-2H3,(H,24,25)/b14-13+,23-15+. The Bertz CT molecular complexity index is 931. The fourth-order valence-corrected chi connectivity index (χ4v) is 4.61. The molecule has 138 valence electrons. The quantitative estimate of drug-likeness (QED) is 0.332. The van der Waals surface area contributed by atoms with Crippen LogP contribution >= 0.6 is 23.1 Å². The molecule has 1 atom stereocenters. The van der Waals surface area contributed by atoms with Crippen LogP contribution in [0, 0.1) is 0 Å². The molecule has 0 aliphatic carbocycles. The summed E-state index contributed by atoms with van der Waals surface area (Å²) < 4.78 is 2.04. The van der Waals surface area contributed by atoms with E-state index in [1.165, 1.54) is 11.8 Å². The predicted octanol–water partition coefficient (Wildman–Crippen LogP) is 5.37. The zero-order valence-electron chi connectivity index (χ0n) is 15.3. The van der Waals surface area contributed by atoms with Crippen molar-refractivity contribution >= 4 is 51.0 Å². The molecule has 0 radical (unpaired) electrons. The second-order valence-corrected chi connectivity index (χ2v) is 8.42. The van der Waals surface area contributed by atoms with Gasteiger partial charge in [-0.2, -0.15) is 5.10 Å². The number of hydrogen-bond acceptors (Lipinski definition) is 5. The van der Waals surface area contributed by atoms with Crippen molar-refractivity contribution in [2.24, 2.45) is 5.10 Å². The molecule has 0 fully saturated rings. The number of para-hydroxylation sites is 1. The first-order chi connectivity index (χ1) is 13.2. The third-order valence-corrected chi connectivity index (χ3v) is 6.33. The number of hydrazone groups is 1. The van der Waals surface area contributed by atoms with Gasteiger partial charge < -0.3 is 0 Å². The van der Waals surface area contributed by atoms with Crippen LogP contribution in [0.1, 0.15) is 25.8 Å². The van der Waals surface area contributed by atoms with Crippen molar-refractivity contribution in [3.05, 3.63) is 66.2 Å². The second-order valence-electron chi connectivity index (χ2n) is 5.94. The number of allylic oxidation sites excluding steroid dienone is 1. The van der Waals surface area contributed by atoms with Crippen molar-refractivity contribution < 1.29 is 4.79 Å². The first-order valence-corrected chi connectivity index (χ1v) is 10.4. The minimum atomic E-state index is -0.222. The van der Waals surface area contributed by atoms with Gasteiger partial charge in [0.15, 0.2) is 4.34 Å². The summed E-state index contributed by atoms with van der Waals surface area (Å²) >= 11 is 3.11. The van der Waals surface area contributed by atoms with Crippen LogP contribution in [0.25, 0.3) is 16.3 Å². The zero-order chi connectivity index (χ0) is 19.1. The topological polar surface area (TPSA) is 54.4 Å². The Morgan fingerprint density at radius 3 is 2.70 bits per heavy atom. The van der Waals surface area contributed by atoms with Gasteiger partial charge in [0.2, 0.25) is 0 Å². The summed E-state index contributed by atoms with van der Waals surface area (Å²) in [6.07, 6.45) is 4.57. The third-order valence-electron chi connectivity index (χ3n) is 3.84. The SMILES string of the molecule is CCC(Sc1nc2ccccc2s1)C(=O)N/N=C(C)/C=C/c1ccccc1. The fourth-order valence-electron chi connectivity index (χ4n) is 2.38. The molecular weight excluding hydrogens is 374 g/mol. The van der Waals surface area contributed by atoms with Crippen LogP contribution < -0.4 is 5.43 Å². The van der Waals surface area contributed by atoms with Gasteiger partial charge in [0.1, 0.15) is 0 Å². The summed E-state index contributed by atoms with van der Waals surface area (Å²) in [7, 11) is 0. The van der Waals surface area contributed by atoms with E-state index in [1.54, 1.807) is 11.3 Å². The zero-order valence-corrected chi connectivity index (χ0v) is 16.9. The molecule has 1 N–H and O–H groups in total. The maximum Gasteiger partial charge on any atom is 0.253 e. The highest BCUT2D eigenvalue weighted by molar-refractivity contribution is 8.02. The highest BCUT2D eigenvalue weighted by Crippen LogP contribution is 2.33. The molecule has 4 nitrogen and oxygen atoms in total. The number of benzene rings is 2. The van der Waals surface area contributed by atoms with E-state index in [-0.39, 0.29) is 11.2 Å². The van der Waals surface area contributed by atoms with Gasteiger partial charge in [-0.25, -0.2) is 10.4 Å². The summed E-state index contributed by atoms with van der Waals surface area (Å²) in [4.78, 5) is 17.1. The van der Waals surface area contributed by atoms with Crippen LogP contribution in [0.5, 0.6) is 0 Å². The number of carbonyl (C=O) groups is 1. The third kappa shape index (κ3) is 5.52. The molecule has 3 aromatic rings. The Labute approximate surface area is 167 Å². The molecule has 0 saturated heterocycles. The smallest absolute Gasteiger partial charge is 0.253 e. The molecule has 1 amide bonds. The first kappa shape index (κ1) is 19.3. The molecule has 0 aliphatic heterocycles. The summed E-state index contributed by atoms with van der Waals surface area (Å²) in [5, 5.41) is 3.97. The van der Waals surface area contributed by atoms with E-state index >= 15 is 0 Å². The van der Waals surface area contributed by atoms with E-state index in [1.807, 2.05) is 80.6 Å². The van der Waals surface area contributed by atoms with Crippen LogP contribution in [0.15, 0.2) is 70.1 Å². The monoisotopic (exact) mass is 395 g/mol. The molecule has 27 heavy (non-hydrogen) atoms. The van der Waals surface area contributed by atoms with Crippen LogP contribution in [0.2, 0.25) is 0 Å². The number of aromatic nitrogens is 1. The Morgan fingerprint density at radius 1 is 1.22 bits per heavy atom. The van der Waals surface area contributed by atoms with Crippen molar-refractivity contribution in [3.8, 4) is 0 Å². The van der Waals surface area contributed by atoms with E-state index in [9.17, 15) is 4.79 Å². The average Bonchev–Trinajstić information content (AvgIpc) is 3.12. The number of amides is 1. The predicted molar refractivity (Wildman–Crippen MR) is 116 cm³/mol. The molecule has 0 aliphatic rings.